The number of hydrogen-bond donors (Lipinski definition) is 0. The molecule has 0 aliphatic carbocycles. The third-order valence-corrected chi connectivity index (χ3v) is 6.90. The number of rotatable bonds is 5. The highest BCUT2D eigenvalue weighted by Gasteiger charge is 2.32. The topological polar surface area (TPSA) is 59.2 Å². The van der Waals surface area contributed by atoms with E-state index in [9.17, 15) is 4.79 Å². The van der Waals surface area contributed by atoms with Crippen molar-refractivity contribution in [3.8, 4) is 0 Å². The Balaban J connectivity index is 1.42. The van der Waals surface area contributed by atoms with Gasteiger partial charge in [-0.1, -0.05) is 17.3 Å². The van der Waals surface area contributed by atoms with E-state index in [1.807, 2.05) is 36.9 Å². The number of amides is 1. The van der Waals surface area contributed by atoms with Crippen LogP contribution in [-0.4, -0.2) is 33.2 Å². The number of thiazole rings is 1. The molecule has 1 aliphatic rings. The molecule has 136 valence electrons. The first-order valence-electron chi connectivity index (χ1n) is 8.78. The number of likely N-dealkylation sites (tertiary alicyclic amines) is 1. The molecule has 1 unspecified atom stereocenters. The second-order valence-electron chi connectivity index (χ2n) is 6.56. The second kappa shape index (κ2) is 7.40. The Kier molecular flexibility index (Phi) is 5.00. The summed E-state index contributed by atoms with van der Waals surface area (Å²) in [6, 6.07) is 8.30. The van der Waals surface area contributed by atoms with Gasteiger partial charge in [0.1, 0.15) is 10.8 Å². The number of aromatic nitrogens is 2. The molecule has 0 bridgehead atoms. The van der Waals surface area contributed by atoms with Crippen molar-refractivity contribution in [1.82, 2.24) is 15.0 Å². The van der Waals surface area contributed by atoms with E-state index in [1.165, 1.54) is 4.70 Å². The van der Waals surface area contributed by atoms with Crippen LogP contribution in [0.3, 0.4) is 0 Å². The summed E-state index contributed by atoms with van der Waals surface area (Å²) >= 11 is 3.34. The predicted octanol–water partition coefficient (Wildman–Crippen LogP) is 4.50. The monoisotopic (exact) mass is 387 g/mol. The van der Waals surface area contributed by atoms with Crippen LogP contribution in [0.4, 0.5) is 0 Å². The van der Waals surface area contributed by atoms with Crippen molar-refractivity contribution in [3.05, 3.63) is 46.3 Å². The van der Waals surface area contributed by atoms with Crippen LogP contribution in [-0.2, 0) is 10.5 Å². The van der Waals surface area contributed by atoms with Gasteiger partial charge in [0.25, 0.3) is 0 Å². The number of fused-ring (bicyclic) bond motifs is 1. The highest BCUT2D eigenvalue weighted by Crippen LogP contribution is 2.36. The molecule has 1 atom stereocenters. The van der Waals surface area contributed by atoms with E-state index >= 15 is 0 Å². The van der Waals surface area contributed by atoms with Crippen LogP contribution < -0.4 is 0 Å². The maximum Gasteiger partial charge on any atom is 0.233 e. The maximum atomic E-state index is 12.8. The van der Waals surface area contributed by atoms with E-state index in [-0.39, 0.29) is 11.9 Å². The van der Waals surface area contributed by atoms with Crippen molar-refractivity contribution < 1.29 is 9.32 Å². The molecule has 1 fully saturated rings. The zero-order valence-electron chi connectivity index (χ0n) is 14.9. The number of para-hydroxylation sites is 1. The number of aryl methyl sites for hydroxylation is 2. The van der Waals surface area contributed by atoms with E-state index < -0.39 is 0 Å². The van der Waals surface area contributed by atoms with Crippen molar-refractivity contribution in [3.63, 3.8) is 0 Å². The van der Waals surface area contributed by atoms with Crippen LogP contribution >= 0.6 is 23.1 Å². The van der Waals surface area contributed by atoms with Gasteiger partial charge in [-0.05, 0) is 38.8 Å². The first-order chi connectivity index (χ1) is 12.6. The van der Waals surface area contributed by atoms with Crippen LogP contribution in [0.2, 0.25) is 0 Å². The number of carbonyl (C=O) groups is 1. The van der Waals surface area contributed by atoms with Gasteiger partial charge < -0.3 is 9.42 Å². The number of carbonyl (C=O) groups excluding carboxylic acids is 1. The van der Waals surface area contributed by atoms with Crippen LogP contribution in [0.1, 0.15) is 40.9 Å². The minimum atomic E-state index is 0.125. The van der Waals surface area contributed by atoms with Crippen LogP contribution in [0.5, 0.6) is 0 Å². The zero-order chi connectivity index (χ0) is 18.1. The van der Waals surface area contributed by atoms with Crippen molar-refractivity contribution in [2.24, 2.45) is 0 Å². The van der Waals surface area contributed by atoms with Gasteiger partial charge in [0, 0.05) is 17.9 Å². The molecular weight excluding hydrogens is 366 g/mol. The zero-order valence-corrected chi connectivity index (χ0v) is 16.5. The average Bonchev–Trinajstić information content (AvgIpc) is 3.34. The molecule has 1 aliphatic heterocycles. The molecule has 4 rings (SSSR count). The first-order valence-corrected chi connectivity index (χ1v) is 10.7. The SMILES string of the molecule is Cc1noc(C)c1CSCC(=O)N1CCCC1c1nc2ccccc2s1. The molecular formula is C19H21N3O2S2. The molecule has 3 heterocycles. The lowest BCUT2D eigenvalue weighted by Crippen LogP contribution is -2.32. The number of nitrogens with zero attached hydrogens (tertiary/aromatic N) is 3. The molecule has 1 amide bonds. The summed E-state index contributed by atoms with van der Waals surface area (Å²) < 4.78 is 6.38. The van der Waals surface area contributed by atoms with Gasteiger partial charge in [0.15, 0.2) is 0 Å². The van der Waals surface area contributed by atoms with E-state index in [1.54, 1.807) is 23.1 Å². The lowest BCUT2D eigenvalue weighted by Gasteiger charge is -2.23. The van der Waals surface area contributed by atoms with Gasteiger partial charge in [-0.15, -0.1) is 23.1 Å². The summed E-state index contributed by atoms with van der Waals surface area (Å²) in [5, 5.41) is 5.04. The third kappa shape index (κ3) is 3.38. The molecule has 5 nitrogen and oxygen atoms in total. The lowest BCUT2D eigenvalue weighted by atomic mass is 10.2. The van der Waals surface area contributed by atoms with Gasteiger partial charge in [-0.2, -0.15) is 0 Å². The maximum absolute atomic E-state index is 12.8. The highest BCUT2D eigenvalue weighted by atomic mass is 32.2. The van der Waals surface area contributed by atoms with E-state index in [4.69, 9.17) is 9.51 Å². The second-order valence-corrected chi connectivity index (χ2v) is 8.61. The van der Waals surface area contributed by atoms with E-state index in [0.717, 1.165) is 52.7 Å². The van der Waals surface area contributed by atoms with E-state index in [2.05, 4.69) is 11.2 Å². The Hall–Kier alpha value is -1.86. The average molecular weight is 388 g/mol. The van der Waals surface area contributed by atoms with Gasteiger partial charge in [-0.25, -0.2) is 4.98 Å². The molecule has 0 spiro atoms. The molecule has 0 N–H and O–H groups in total. The van der Waals surface area contributed by atoms with Gasteiger partial charge >= 0.3 is 0 Å². The summed E-state index contributed by atoms with van der Waals surface area (Å²) in [5.41, 5.74) is 3.04. The smallest absolute Gasteiger partial charge is 0.233 e. The Labute approximate surface area is 160 Å². The fourth-order valence-electron chi connectivity index (χ4n) is 3.39. The normalized spacial score (nSPS) is 17.3. The minimum absolute atomic E-state index is 0.125. The largest absolute Gasteiger partial charge is 0.361 e. The Morgan fingerprint density at radius 3 is 3.00 bits per heavy atom. The third-order valence-electron chi connectivity index (χ3n) is 4.82. The summed E-state index contributed by atoms with van der Waals surface area (Å²) in [7, 11) is 0. The molecule has 0 saturated carbocycles. The van der Waals surface area contributed by atoms with Crippen molar-refractivity contribution >= 4 is 39.2 Å². The van der Waals surface area contributed by atoms with Crippen LogP contribution in [0.25, 0.3) is 10.2 Å². The van der Waals surface area contributed by atoms with Crippen molar-refractivity contribution in [1.29, 1.82) is 0 Å². The fraction of sp³-hybridized carbons (Fsp3) is 0.421. The lowest BCUT2D eigenvalue weighted by molar-refractivity contribution is -0.129. The predicted molar refractivity (Wildman–Crippen MR) is 105 cm³/mol. The van der Waals surface area contributed by atoms with Gasteiger partial charge in [-0.3, -0.25) is 4.79 Å². The standard InChI is InChI=1S/C19H21N3O2S2/c1-12-14(13(2)24-21-12)10-25-11-18(23)22-9-5-7-16(22)19-20-15-6-3-4-8-17(15)26-19/h3-4,6,8,16H,5,7,9-11H2,1-2H3. The first kappa shape index (κ1) is 17.5. The number of hydrogen-bond acceptors (Lipinski definition) is 6. The Morgan fingerprint density at radius 2 is 2.23 bits per heavy atom. The van der Waals surface area contributed by atoms with Crippen LogP contribution in [0, 0.1) is 13.8 Å². The molecule has 3 aromatic rings. The van der Waals surface area contributed by atoms with E-state index in [0.29, 0.717) is 5.75 Å². The fourth-order valence-corrected chi connectivity index (χ4v) is 5.56. The molecule has 2 aromatic heterocycles. The van der Waals surface area contributed by atoms with Crippen molar-refractivity contribution in [2.75, 3.05) is 12.3 Å². The summed E-state index contributed by atoms with van der Waals surface area (Å²) in [5.74, 6) is 2.28. The molecule has 26 heavy (non-hydrogen) atoms. The molecule has 0 radical (unpaired) electrons. The van der Waals surface area contributed by atoms with Gasteiger partial charge in [0.2, 0.25) is 5.91 Å². The Bertz CT molecular complexity index is 881. The molecule has 1 aromatic carbocycles. The minimum Gasteiger partial charge on any atom is -0.361 e. The van der Waals surface area contributed by atoms with Crippen molar-refractivity contribution in [2.45, 2.75) is 38.5 Å². The summed E-state index contributed by atoms with van der Waals surface area (Å²) in [6.07, 6.45) is 2.04. The molecule has 1 saturated heterocycles. The highest BCUT2D eigenvalue weighted by molar-refractivity contribution is 7.99. The number of thioether (sulfide) groups is 1. The quantitative estimate of drug-likeness (QED) is 0.645. The molecule has 7 heteroatoms. The van der Waals surface area contributed by atoms with Gasteiger partial charge in [0.05, 0.1) is 27.7 Å². The Morgan fingerprint density at radius 1 is 1.38 bits per heavy atom. The summed E-state index contributed by atoms with van der Waals surface area (Å²) in [4.78, 5) is 19.6. The number of benzene rings is 1. The summed E-state index contributed by atoms with van der Waals surface area (Å²) in [6.45, 7) is 4.69. The van der Waals surface area contributed by atoms with Crippen LogP contribution in [0.15, 0.2) is 28.8 Å².